The fourth-order valence-electron chi connectivity index (χ4n) is 2.68. The molecule has 0 radical (unpaired) electrons. The van der Waals surface area contributed by atoms with E-state index in [1.807, 2.05) is 6.08 Å². The fourth-order valence-corrected chi connectivity index (χ4v) is 13.3. The minimum Gasteiger partial charge on any atom is -0.342 e. The lowest BCUT2D eigenvalue weighted by molar-refractivity contribution is 0.448. The van der Waals surface area contributed by atoms with Crippen molar-refractivity contribution in [2.24, 2.45) is 0 Å². The maximum absolute atomic E-state index is 8.96. The van der Waals surface area contributed by atoms with Gasteiger partial charge in [0.05, 0.1) is 6.07 Å². The summed E-state index contributed by atoms with van der Waals surface area (Å²) in [5.41, 5.74) is 0. The van der Waals surface area contributed by atoms with Gasteiger partial charge in [-0.25, -0.2) is 0 Å². The molecule has 92 valence electrons. The first-order valence-corrected chi connectivity index (χ1v) is 12.8. The van der Waals surface area contributed by atoms with E-state index < -0.39 is 16.5 Å². The zero-order valence-corrected chi connectivity index (χ0v) is 13.7. The Bertz CT molecular complexity index is 254. The Morgan fingerprint density at radius 1 is 1.19 bits per heavy atom. The molecule has 4 heteroatoms. The fraction of sp³-hybridized carbons (Fsp3) is 0.750. The van der Waals surface area contributed by atoms with E-state index in [-0.39, 0.29) is 0 Å². The largest absolute Gasteiger partial charge is 0.342 e. The molecular weight excluding hydrogens is 228 g/mol. The summed E-state index contributed by atoms with van der Waals surface area (Å²) >= 11 is 0. The van der Waals surface area contributed by atoms with Crippen LogP contribution in [0.5, 0.6) is 0 Å². The third-order valence-electron chi connectivity index (χ3n) is 2.58. The van der Waals surface area contributed by atoms with Crippen molar-refractivity contribution in [2.75, 3.05) is 0 Å². The standard InChI is InChI=1S/C12H26N2Si2/c1-8-9-12(10-11-13)14(15(2,3)4)16(5,6)7/h8,12H,1,9-10H2,2-7H3. The summed E-state index contributed by atoms with van der Waals surface area (Å²) in [6, 6.07) is 2.71. The number of hydrogen-bond acceptors (Lipinski definition) is 2. The van der Waals surface area contributed by atoms with Crippen molar-refractivity contribution in [3.05, 3.63) is 12.7 Å². The van der Waals surface area contributed by atoms with E-state index in [0.29, 0.717) is 12.5 Å². The highest BCUT2D eigenvalue weighted by Crippen LogP contribution is 2.26. The van der Waals surface area contributed by atoms with Gasteiger partial charge in [0, 0.05) is 12.5 Å². The van der Waals surface area contributed by atoms with Crippen molar-refractivity contribution in [3.8, 4) is 6.07 Å². The first-order chi connectivity index (χ1) is 7.14. The Labute approximate surface area is 103 Å². The lowest BCUT2D eigenvalue weighted by atomic mass is 10.2. The van der Waals surface area contributed by atoms with Crippen LogP contribution < -0.4 is 0 Å². The van der Waals surface area contributed by atoms with Crippen LogP contribution >= 0.6 is 0 Å². The first kappa shape index (κ1) is 15.6. The first-order valence-electron chi connectivity index (χ1n) is 5.92. The van der Waals surface area contributed by atoms with Crippen molar-refractivity contribution >= 4 is 16.5 Å². The quantitative estimate of drug-likeness (QED) is 0.532. The average molecular weight is 255 g/mol. The molecule has 0 aliphatic rings. The molecule has 0 aromatic heterocycles. The smallest absolute Gasteiger partial charge is 0.112 e. The minimum atomic E-state index is -1.36. The molecule has 1 atom stereocenters. The summed E-state index contributed by atoms with van der Waals surface area (Å²) in [5, 5.41) is 8.96. The van der Waals surface area contributed by atoms with Crippen molar-refractivity contribution in [3.63, 3.8) is 0 Å². The summed E-state index contributed by atoms with van der Waals surface area (Å²) in [6.45, 7) is 18.1. The van der Waals surface area contributed by atoms with Gasteiger partial charge in [-0.05, 0) is 6.42 Å². The van der Waals surface area contributed by atoms with E-state index >= 15 is 0 Å². The van der Waals surface area contributed by atoms with Gasteiger partial charge in [0.1, 0.15) is 16.5 Å². The van der Waals surface area contributed by atoms with E-state index in [2.05, 4.69) is 56.2 Å². The third-order valence-corrected chi connectivity index (χ3v) is 10.2. The SMILES string of the molecule is C=CCC(CC#N)N([Si](C)(C)C)[Si](C)(C)C. The molecule has 1 unspecified atom stereocenters. The maximum atomic E-state index is 8.96. The van der Waals surface area contributed by atoms with Crippen LogP contribution in [0.1, 0.15) is 12.8 Å². The molecule has 0 N–H and O–H groups in total. The summed E-state index contributed by atoms with van der Waals surface area (Å²) in [5.74, 6) is 0. The summed E-state index contributed by atoms with van der Waals surface area (Å²) < 4.78 is 2.70. The predicted octanol–water partition coefficient (Wildman–Crippen LogP) is 3.82. The van der Waals surface area contributed by atoms with Crippen LogP contribution in [-0.2, 0) is 0 Å². The highest BCUT2D eigenvalue weighted by atomic mass is 28.4. The van der Waals surface area contributed by atoms with Gasteiger partial charge in [-0.15, -0.1) is 6.58 Å². The van der Waals surface area contributed by atoms with Crippen LogP contribution in [-0.4, -0.2) is 26.7 Å². The molecular formula is C12H26N2Si2. The van der Waals surface area contributed by atoms with E-state index in [9.17, 15) is 0 Å². The van der Waals surface area contributed by atoms with E-state index in [0.717, 1.165) is 6.42 Å². The van der Waals surface area contributed by atoms with Crippen LogP contribution in [0.4, 0.5) is 0 Å². The van der Waals surface area contributed by atoms with Gasteiger partial charge in [-0.3, -0.25) is 0 Å². The molecule has 0 aromatic carbocycles. The maximum Gasteiger partial charge on any atom is 0.112 e. The normalized spacial score (nSPS) is 14.6. The second-order valence-corrected chi connectivity index (χ2v) is 16.3. The molecule has 0 aliphatic heterocycles. The van der Waals surface area contributed by atoms with Gasteiger partial charge in [-0.1, -0.05) is 45.4 Å². The van der Waals surface area contributed by atoms with Crippen LogP contribution in [0, 0.1) is 11.3 Å². The molecule has 0 bridgehead atoms. The highest BCUT2D eigenvalue weighted by molar-refractivity contribution is 6.89. The highest BCUT2D eigenvalue weighted by Gasteiger charge is 2.38. The Morgan fingerprint density at radius 2 is 1.62 bits per heavy atom. The lowest BCUT2D eigenvalue weighted by Gasteiger charge is -2.48. The lowest BCUT2D eigenvalue weighted by Crippen LogP contribution is -2.63. The van der Waals surface area contributed by atoms with Gasteiger partial charge in [0.2, 0.25) is 0 Å². The molecule has 0 amide bonds. The van der Waals surface area contributed by atoms with Crippen molar-refractivity contribution in [1.29, 1.82) is 5.26 Å². The number of rotatable bonds is 6. The van der Waals surface area contributed by atoms with Gasteiger partial charge in [0.25, 0.3) is 0 Å². The Kier molecular flexibility index (Phi) is 5.67. The zero-order valence-electron chi connectivity index (χ0n) is 11.7. The molecule has 0 spiro atoms. The minimum absolute atomic E-state index is 0.376. The van der Waals surface area contributed by atoms with Crippen LogP contribution in [0.2, 0.25) is 39.3 Å². The van der Waals surface area contributed by atoms with Gasteiger partial charge >= 0.3 is 0 Å². The number of nitrogens with zero attached hydrogens (tertiary/aromatic N) is 2. The molecule has 0 heterocycles. The van der Waals surface area contributed by atoms with Crippen LogP contribution in [0.15, 0.2) is 12.7 Å². The number of nitriles is 1. The van der Waals surface area contributed by atoms with E-state index in [1.54, 1.807) is 0 Å². The Hall–Kier alpha value is -0.376. The second-order valence-electron chi connectivity index (χ2n) is 6.25. The van der Waals surface area contributed by atoms with Crippen molar-refractivity contribution in [2.45, 2.75) is 58.2 Å². The van der Waals surface area contributed by atoms with Gasteiger partial charge in [0.15, 0.2) is 0 Å². The molecule has 16 heavy (non-hydrogen) atoms. The molecule has 0 aromatic rings. The van der Waals surface area contributed by atoms with E-state index in [4.69, 9.17) is 5.26 Å². The summed E-state index contributed by atoms with van der Waals surface area (Å²) in [7, 11) is -2.73. The molecule has 2 nitrogen and oxygen atoms in total. The molecule has 0 saturated carbocycles. The molecule has 0 aliphatic carbocycles. The van der Waals surface area contributed by atoms with E-state index in [1.165, 1.54) is 0 Å². The predicted molar refractivity (Wildman–Crippen MR) is 77.4 cm³/mol. The third kappa shape index (κ3) is 4.64. The Balaban J connectivity index is 5.14. The van der Waals surface area contributed by atoms with Crippen molar-refractivity contribution < 1.29 is 0 Å². The van der Waals surface area contributed by atoms with Crippen LogP contribution in [0.25, 0.3) is 0 Å². The number of hydrogen-bond donors (Lipinski definition) is 0. The zero-order chi connectivity index (χ0) is 13.0. The second kappa shape index (κ2) is 5.80. The average Bonchev–Trinajstić information content (AvgIpc) is 1.99. The molecule has 0 saturated heterocycles. The van der Waals surface area contributed by atoms with Crippen LogP contribution in [0.3, 0.4) is 0 Å². The van der Waals surface area contributed by atoms with Crippen molar-refractivity contribution in [1.82, 2.24) is 4.23 Å². The summed E-state index contributed by atoms with van der Waals surface area (Å²) in [4.78, 5) is 0. The van der Waals surface area contributed by atoms with Gasteiger partial charge < -0.3 is 4.23 Å². The molecule has 0 fully saturated rings. The summed E-state index contributed by atoms with van der Waals surface area (Å²) in [6.07, 6.45) is 3.51. The monoisotopic (exact) mass is 254 g/mol. The molecule has 0 rings (SSSR count). The topological polar surface area (TPSA) is 27.0 Å². The Morgan fingerprint density at radius 3 is 1.88 bits per heavy atom. The van der Waals surface area contributed by atoms with Gasteiger partial charge in [-0.2, -0.15) is 5.26 Å².